The molecule has 1 aromatic carbocycles. The summed E-state index contributed by atoms with van der Waals surface area (Å²) in [5.41, 5.74) is 3.06. The van der Waals surface area contributed by atoms with Crippen LogP contribution in [0.4, 0.5) is 4.39 Å². The van der Waals surface area contributed by atoms with Crippen LogP contribution in [0.25, 0.3) is 5.57 Å². The van der Waals surface area contributed by atoms with E-state index in [4.69, 9.17) is 0 Å². The Bertz CT molecular complexity index is 436. The van der Waals surface area contributed by atoms with E-state index in [9.17, 15) is 4.39 Å². The maximum Gasteiger partial charge on any atom is 0.107 e. The fourth-order valence-electron chi connectivity index (χ4n) is 1.68. The van der Waals surface area contributed by atoms with Gasteiger partial charge in [0, 0.05) is 11.3 Å². The van der Waals surface area contributed by atoms with Gasteiger partial charge in [-0.15, -0.1) is 0 Å². The smallest absolute Gasteiger partial charge is 0.107 e. The van der Waals surface area contributed by atoms with Gasteiger partial charge in [-0.25, -0.2) is 4.39 Å². The highest BCUT2D eigenvalue weighted by atomic mass is 19.1. The van der Waals surface area contributed by atoms with E-state index >= 15 is 0 Å². The number of allylic oxidation sites excluding steroid dienone is 2. The number of hydrogen-bond acceptors (Lipinski definition) is 1. The fourth-order valence-corrected chi connectivity index (χ4v) is 1.68. The molecule has 0 unspecified atom stereocenters. The first-order chi connectivity index (χ1) is 8.10. The Morgan fingerprint density at radius 1 is 1.35 bits per heavy atom. The molecule has 0 saturated heterocycles. The van der Waals surface area contributed by atoms with Crippen molar-refractivity contribution in [2.24, 2.45) is 0 Å². The van der Waals surface area contributed by atoms with Gasteiger partial charge in [0.2, 0.25) is 0 Å². The summed E-state index contributed by atoms with van der Waals surface area (Å²) in [6, 6.07) is 7.82. The first-order valence-electron chi connectivity index (χ1n) is 5.62. The first-order valence-corrected chi connectivity index (χ1v) is 5.62. The number of rotatable bonds is 5. The highest BCUT2D eigenvalue weighted by Gasteiger charge is 2.09. The second-order valence-corrected chi connectivity index (χ2v) is 3.79. The topological polar surface area (TPSA) is 12.0 Å². The SMILES string of the molecule is C=CNC(=C)/C(=C(\C)F)c1ccc(CC)cc1. The van der Waals surface area contributed by atoms with Crippen molar-refractivity contribution in [3.63, 3.8) is 0 Å². The molecule has 0 aromatic heterocycles. The molecule has 0 spiro atoms. The van der Waals surface area contributed by atoms with Crippen LogP contribution < -0.4 is 5.32 Å². The molecule has 1 N–H and O–H groups in total. The third kappa shape index (κ3) is 3.31. The van der Waals surface area contributed by atoms with Crippen molar-refractivity contribution in [3.05, 3.63) is 66.3 Å². The van der Waals surface area contributed by atoms with E-state index in [2.05, 4.69) is 25.4 Å². The molecule has 0 saturated carbocycles. The summed E-state index contributed by atoms with van der Waals surface area (Å²) >= 11 is 0. The van der Waals surface area contributed by atoms with Gasteiger partial charge >= 0.3 is 0 Å². The van der Waals surface area contributed by atoms with E-state index < -0.39 is 0 Å². The van der Waals surface area contributed by atoms with Gasteiger partial charge in [0.05, 0.1) is 0 Å². The molecule has 0 radical (unpaired) electrons. The number of nitrogens with one attached hydrogen (secondary N) is 1. The molecule has 1 rings (SSSR count). The molecule has 0 aliphatic rings. The minimum atomic E-state index is -0.256. The fraction of sp³-hybridized carbons (Fsp3) is 0.200. The Hall–Kier alpha value is -1.83. The lowest BCUT2D eigenvalue weighted by Crippen LogP contribution is -2.06. The highest BCUT2D eigenvalue weighted by molar-refractivity contribution is 5.79. The van der Waals surface area contributed by atoms with Crippen LogP contribution in [-0.4, -0.2) is 0 Å². The zero-order chi connectivity index (χ0) is 12.8. The van der Waals surface area contributed by atoms with E-state index in [1.54, 1.807) is 0 Å². The molecule has 1 nitrogen and oxygen atoms in total. The van der Waals surface area contributed by atoms with Gasteiger partial charge in [-0.05, 0) is 30.7 Å². The Kier molecular flexibility index (Phi) is 4.70. The van der Waals surface area contributed by atoms with Crippen LogP contribution in [0.5, 0.6) is 0 Å². The molecule has 2 heteroatoms. The molecule has 0 heterocycles. The average Bonchev–Trinajstić information content (AvgIpc) is 2.30. The van der Waals surface area contributed by atoms with Gasteiger partial charge in [0.15, 0.2) is 0 Å². The molecular weight excluding hydrogens is 213 g/mol. The Morgan fingerprint density at radius 3 is 2.35 bits per heavy atom. The minimum absolute atomic E-state index is 0.256. The van der Waals surface area contributed by atoms with Crippen LogP contribution in [0.3, 0.4) is 0 Å². The van der Waals surface area contributed by atoms with Crippen molar-refractivity contribution in [2.75, 3.05) is 0 Å². The zero-order valence-electron chi connectivity index (χ0n) is 10.4. The normalized spacial score (nSPS) is 11.7. The first kappa shape index (κ1) is 13.2. The van der Waals surface area contributed by atoms with Crippen molar-refractivity contribution in [3.8, 4) is 0 Å². The van der Waals surface area contributed by atoms with E-state index in [1.165, 1.54) is 18.7 Å². The molecule has 1 aromatic rings. The van der Waals surface area contributed by atoms with E-state index in [0.717, 1.165) is 12.0 Å². The molecule has 0 aliphatic heterocycles. The number of halogens is 1. The molecule has 17 heavy (non-hydrogen) atoms. The Labute approximate surface area is 102 Å². The molecular formula is C15H18FN. The summed E-state index contributed by atoms with van der Waals surface area (Å²) in [6.07, 6.45) is 2.46. The molecule has 0 aliphatic carbocycles. The second-order valence-electron chi connectivity index (χ2n) is 3.79. The minimum Gasteiger partial charge on any atom is -0.362 e. The summed E-state index contributed by atoms with van der Waals surface area (Å²) in [5.74, 6) is -0.256. The number of benzene rings is 1. The van der Waals surface area contributed by atoms with Crippen molar-refractivity contribution in [1.82, 2.24) is 5.32 Å². The van der Waals surface area contributed by atoms with Crippen LogP contribution >= 0.6 is 0 Å². The van der Waals surface area contributed by atoms with Gasteiger partial charge in [-0.2, -0.15) is 0 Å². The van der Waals surface area contributed by atoms with Crippen LogP contribution in [0, 0.1) is 0 Å². The monoisotopic (exact) mass is 231 g/mol. The lowest BCUT2D eigenvalue weighted by Gasteiger charge is -2.12. The largest absolute Gasteiger partial charge is 0.362 e. The van der Waals surface area contributed by atoms with Gasteiger partial charge in [-0.3, -0.25) is 0 Å². The van der Waals surface area contributed by atoms with Crippen molar-refractivity contribution < 1.29 is 4.39 Å². The van der Waals surface area contributed by atoms with Crippen LogP contribution in [-0.2, 0) is 6.42 Å². The maximum absolute atomic E-state index is 13.6. The second kappa shape index (κ2) is 6.04. The van der Waals surface area contributed by atoms with E-state index in [1.807, 2.05) is 24.3 Å². The Morgan fingerprint density at radius 2 is 1.94 bits per heavy atom. The zero-order valence-corrected chi connectivity index (χ0v) is 10.4. The molecule has 0 amide bonds. The van der Waals surface area contributed by atoms with Gasteiger partial charge in [0.25, 0.3) is 0 Å². The third-order valence-electron chi connectivity index (χ3n) is 2.57. The quantitative estimate of drug-likeness (QED) is 0.749. The summed E-state index contributed by atoms with van der Waals surface area (Å²) in [4.78, 5) is 0. The predicted molar refractivity (Wildman–Crippen MR) is 72.0 cm³/mol. The standard InChI is InChI=1S/C15H18FN/c1-5-13-7-9-14(10-8-13)15(11(3)16)12(4)17-6-2/h6-10,17H,2,4-5H2,1,3H3/b15-11-. The predicted octanol–water partition coefficient (Wildman–Crippen LogP) is 4.20. The van der Waals surface area contributed by atoms with Crippen LogP contribution in [0.2, 0.25) is 0 Å². The van der Waals surface area contributed by atoms with E-state index in [0.29, 0.717) is 11.3 Å². The third-order valence-corrected chi connectivity index (χ3v) is 2.57. The van der Waals surface area contributed by atoms with Crippen LogP contribution in [0.15, 0.2) is 55.1 Å². The summed E-state index contributed by atoms with van der Waals surface area (Å²) in [5, 5.41) is 2.83. The van der Waals surface area contributed by atoms with Crippen LogP contribution in [0.1, 0.15) is 25.0 Å². The van der Waals surface area contributed by atoms with Gasteiger partial charge in [-0.1, -0.05) is 44.3 Å². The van der Waals surface area contributed by atoms with Crippen molar-refractivity contribution in [1.29, 1.82) is 0 Å². The number of hydrogen-bond donors (Lipinski definition) is 1. The molecule has 0 fully saturated rings. The molecule has 0 bridgehead atoms. The summed E-state index contributed by atoms with van der Waals surface area (Å²) < 4.78 is 13.6. The number of aryl methyl sites for hydroxylation is 1. The molecule has 90 valence electrons. The Balaban J connectivity index is 3.11. The lowest BCUT2D eigenvalue weighted by molar-refractivity contribution is 0.643. The van der Waals surface area contributed by atoms with E-state index in [-0.39, 0.29) is 5.83 Å². The van der Waals surface area contributed by atoms with Crippen molar-refractivity contribution in [2.45, 2.75) is 20.3 Å². The van der Waals surface area contributed by atoms with Gasteiger partial charge in [0.1, 0.15) is 5.83 Å². The maximum atomic E-state index is 13.6. The molecule has 0 atom stereocenters. The highest BCUT2D eigenvalue weighted by Crippen LogP contribution is 2.25. The average molecular weight is 231 g/mol. The van der Waals surface area contributed by atoms with Gasteiger partial charge < -0.3 is 5.32 Å². The summed E-state index contributed by atoms with van der Waals surface area (Å²) in [7, 11) is 0. The lowest BCUT2D eigenvalue weighted by atomic mass is 10.0. The summed E-state index contributed by atoms with van der Waals surface area (Å²) in [6.45, 7) is 10.9. The van der Waals surface area contributed by atoms with Crippen molar-refractivity contribution >= 4 is 5.57 Å².